The van der Waals surface area contributed by atoms with Crippen LogP contribution in [0.5, 0.6) is 0 Å². The maximum atomic E-state index is 12.8. The first-order valence-electron chi connectivity index (χ1n) is 10.6. The van der Waals surface area contributed by atoms with Gasteiger partial charge in [-0.25, -0.2) is 14.6 Å². The maximum absolute atomic E-state index is 12.8. The number of fused-ring (bicyclic) bond motifs is 1. The molecule has 1 N–H and O–H groups in total. The first-order chi connectivity index (χ1) is 15.3. The summed E-state index contributed by atoms with van der Waals surface area (Å²) in [5.74, 6) is 1.64. The molecule has 1 atom stereocenters. The SMILES string of the molecule is O=C(NCC1CC2c3ccccc3C1c1ccccc12)c1ccc(-n2cncn2)nc1. The van der Waals surface area contributed by atoms with Crippen LogP contribution in [0.1, 0.15) is 50.9 Å². The topological polar surface area (TPSA) is 72.7 Å². The first-order valence-corrected chi connectivity index (χ1v) is 10.6. The number of benzene rings is 2. The highest BCUT2D eigenvalue weighted by molar-refractivity contribution is 5.93. The Morgan fingerprint density at radius 3 is 2.29 bits per heavy atom. The molecule has 0 aliphatic heterocycles. The van der Waals surface area contributed by atoms with E-state index < -0.39 is 0 Å². The van der Waals surface area contributed by atoms with Gasteiger partial charge in [-0.1, -0.05) is 48.5 Å². The molecule has 0 spiro atoms. The van der Waals surface area contributed by atoms with Gasteiger partial charge in [-0.05, 0) is 46.7 Å². The molecule has 4 aromatic rings. The zero-order valence-corrected chi connectivity index (χ0v) is 16.8. The summed E-state index contributed by atoms with van der Waals surface area (Å²) >= 11 is 0. The molecule has 3 aliphatic rings. The number of hydrogen-bond donors (Lipinski definition) is 1. The van der Waals surface area contributed by atoms with Gasteiger partial charge in [-0.15, -0.1) is 0 Å². The Hall–Kier alpha value is -3.80. The van der Waals surface area contributed by atoms with Crippen LogP contribution in [0.4, 0.5) is 0 Å². The molecule has 152 valence electrons. The Morgan fingerprint density at radius 1 is 0.968 bits per heavy atom. The molecule has 2 aromatic carbocycles. The molecule has 1 amide bonds. The fourth-order valence-corrected chi connectivity index (χ4v) is 5.27. The van der Waals surface area contributed by atoms with Gasteiger partial charge in [0, 0.05) is 24.6 Å². The number of pyridine rings is 1. The maximum Gasteiger partial charge on any atom is 0.252 e. The molecular weight excluding hydrogens is 386 g/mol. The van der Waals surface area contributed by atoms with E-state index in [2.05, 4.69) is 68.9 Å². The summed E-state index contributed by atoms with van der Waals surface area (Å²) in [7, 11) is 0. The molecule has 0 fully saturated rings. The van der Waals surface area contributed by atoms with Crippen LogP contribution >= 0.6 is 0 Å². The van der Waals surface area contributed by atoms with Crippen LogP contribution in [0.3, 0.4) is 0 Å². The number of hydrogen-bond acceptors (Lipinski definition) is 4. The fourth-order valence-electron chi connectivity index (χ4n) is 5.27. The summed E-state index contributed by atoms with van der Waals surface area (Å²) in [4.78, 5) is 21.1. The van der Waals surface area contributed by atoms with Crippen LogP contribution in [0.25, 0.3) is 5.82 Å². The number of carbonyl (C=O) groups is 1. The smallest absolute Gasteiger partial charge is 0.252 e. The van der Waals surface area contributed by atoms with Crippen molar-refractivity contribution in [1.29, 1.82) is 0 Å². The van der Waals surface area contributed by atoms with E-state index in [0.29, 0.717) is 35.7 Å². The number of rotatable bonds is 4. The van der Waals surface area contributed by atoms with Crippen molar-refractivity contribution in [1.82, 2.24) is 25.1 Å². The Balaban J connectivity index is 1.22. The number of nitrogens with one attached hydrogen (secondary N) is 1. The predicted octanol–water partition coefficient (Wildman–Crippen LogP) is 3.69. The van der Waals surface area contributed by atoms with Gasteiger partial charge in [0.15, 0.2) is 5.82 Å². The molecule has 6 heteroatoms. The van der Waals surface area contributed by atoms with Crippen LogP contribution in [0.2, 0.25) is 0 Å². The highest BCUT2D eigenvalue weighted by Gasteiger charge is 2.42. The summed E-state index contributed by atoms with van der Waals surface area (Å²) in [6.45, 7) is 0.646. The third kappa shape index (κ3) is 2.94. The highest BCUT2D eigenvalue weighted by atomic mass is 16.1. The monoisotopic (exact) mass is 407 g/mol. The lowest BCUT2D eigenvalue weighted by atomic mass is 9.59. The van der Waals surface area contributed by atoms with Crippen molar-refractivity contribution in [2.75, 3.05) is 6.54 Å². The van der Waals surface area contributed by atoms with Crippen molar-refractivity contribution in [2.45, 2.75) is 18.3 Å². The molecule has 2 aromatic heterocycles. The zero-order chi connectivity index (χ0) is 20.8. The third-order valence-corrected chi connectivity index (χ3v) is 6.61. The van der Waals surface area contributed by atoms with Crippen LogP contribution in [-0.2, 0) is 0 Å². The van der Waals surface area contributed by atoms with Gasteiger partial charge in [-0.3, -0.25) is 4.79 Å². The van der Waals surface area contributed by atoms with Gasteiger partial charge >= 0.3 is 0 Å². The Morgan fingerprint density at radius 2 is 1.68 bits per heavy atom. The van der Waals surface area contributed by atoms with Crippen molar-refractivity contribution >= 4 is 5.91 Å². The molecule has 2 bridgehead atoms. The number of nitrogens with zero attached hydrogens (tertiary/aromatic N) is 4. The van der Waals surface area contributed by atoms with Crippen molar-refractivity contribution in [2.24, 2.45) is 5.92 Å². The lowest BCUT2D eigenvalue weighted by Crippen LogP contribution is -2.39. The normalized spacial score (nSPS) is 20.7. The number of amides is 1. The van der Waals surface area contributed by atoms with E-state index in [0.717, 1.165) is 6.42 Å². The molecule has 3 aliphatic carbocycles. The Bertz CT molecular complexity index is 1200. The average Bonchev–Trinajstić information content (AvgIpc) is 3.38. The van der Waals surface area contributed by atoms with E-state index in [1.165, 1.54) is 28.6 Å². The molecule has 0 radical (unpaired) electrons. The summed E-state index contributed by atoms with van der Waals surface area (Å²) in [6.07, 6.45) is 5.68. The van der Waals surface area contributed by atoms with Crippen LogP contribution in [0, 0.1) is 5.92 Å². The number of aromatic nitrogens is 4. The lowest BCUT2D eigenvalue weighted by Gasteiger charge is -2.45. The fraction of sp³-hybridized carbons (Fsp3) is 0.200. The predicted molar refractivity (Wildman–Crippen MR) is 116 cm³/mol. The van der Waals surface area contributed by atoms with Crippen LogP contribution < -0.4 is 5.32 Å². The van der Waals surface area contributed by atoms with Gasteiger partial charge in [0.1, 0.15) is 12.7 Å². The summed E-state index contributed by atoms with van der Waals surface area (Å²) in [6, 6.07) is 21.1. The van der Waals surface area contributed by atoms with Crippen LogP contribution in [-0.4, -0.2) is 32.2 Å². The lowest BCUT2D eigenvalue weighted by molar-refractivity contribution is 0.0942. The standard InChI is InChI=1S/C25H21N5O/c31-25(16-9-10-23(27-12-16)30-15-26-14-29-30)28-13-17-11-22-18-5-1-3-7-20(18)24(17)21-8-4-2-6-19(21)22/h1-10,12,14-15,17,22,24H,11,13H2,(H,28,31). The van der Waals surface area contributed by atoms with Crippen molar-refractivity contribution in [3.05, 3.63) is 107 Å². The van der Waals surface area contributed by atoms with E-state index >= 15 is 0 Å². The van der Waals surface area contributed by atoms with Gasteiger partial charge in [0.25, 0.3) is 5.91 Å². The molecule has 2 heterocycles. The highest BCUT2D eigenvalue weighted by Crippen LogP contribution is 2.55. The number of carbonyl (C=O) groups excluding carboxylic acids is 1. The summed E-state index contributed by atoms with van der Waals surface area (Å²) in [5, 5.41) is 7.22. The molecule has 1 unspecified atom stereocenters. The van der Waals surface area contributed by atoms with E-state index in [4.69, 9.17) is 0 Å². The van der Waals surface area contributed by atoms with Gasteiger partial charge in [0.05, 0.1) is 5.56 Å². The molecule has 7 rings (SSSR count). The van der Waals surface area contributed by atoms with Gasteiger partial charge in [-0.2, -0.15) is 5.10 Å². The minimum Gasteiger partial charge on any atom is -0.352 e. The second kappa shape index (κ2) is 7.16. The molecule has 0 saturated heterocycles. The van der Waals surface area contributed by atoms with Crippen molar-refractivity contribution in [3.8, 4) is 5.82 Å². The van der Waals surface area contributed by atoms with Crippen molar-refractivity contribution in [3.63, 3.8) is 0 Å². The van der Waals surface area contributed by atoms with E-state index in [1.54, 1.807) is 29.3 Å². The molecular formula is C25H21N5O. The quantitative estimate of drug-likeness (QED) is 0.560. The Kier molecular flexibility index (Phi) is 4.16. The largest absolute Gasteiger partial charge is 0.352 e. The van der Waals surface area contributed by atoms with E-state index in [1.807, 2.05) is 0 Å². The second-order valence-corrected chi connectivity index (χ2v) is 8.24. The Labute approximate surface area is 180 Å². The summed E-state index contributed by atoms with van der Waals surface area (Å²) in [5.41, 5.74) is 6.26. The third-order valence-electron chi connectivity index (χ3n) is 6.61. The van der Waals surface area contributed by atoms with Crippen LogP contribution in [0.15, 0.2) is 79.5 Å². The van der Waals surface area contributed by atoms with E-state index in [9.17, 15) is 4.79 Å². The minimum atomic E-state index is -0.0966. The molecule has 31 heavy (non-hydrogen) atoms. The molecule has 6 nitrogen and oxygen atoms in total. The first kappa shape index (κ1) is 18.0. The second-order valence-electron chi connectivity index (χ2n) is 8.24. The average molecular weight is 407 g/mol. The van der Waals surface area contributed by atoms with Crippen molar-refractivity contribution < 1.29 is 4.79 Å². The van der Waals surface area contributed by atoms with E-state index in [-0.39, 0.29) is 5.91 Å². The van der Waals surface area contributed by atoms with Gasteiger partial charge in [0.2, 0.25) is 0 Å². The zero-order valence-electron chi connectivity index (χ0n) is 16.8. The van der Waals surface area contributed by atoms with Gasteiger partial charge < -0.3 is 5.32 Å². The molecule has 0 saturated carbocycles. The summed E-state index contributed by atoms with van der Waals surface area (Å²) < 4.78 is 1.56. The minimum absolute atomic E-state index is 0.0966.